The van der Waals surface area contributed by atoms with Crippen LogP contribution in [0.2, 0.25) is 0 Å². The molecule has 0 aliphatic carbocycles. The Labute approximate surface area is 64.2 Å². The van der Waals surface area contributed by atoms with Gasteiger partial charge in [0.1, 0.15) is 0 Å². The Balaban J connectivity index is 3.26. The van der Waals surface area contributed by atoms with Gasteiger partial charge in [-0.25, -0.2) is 0 Å². The highest BCUT2D eigenvalue weighted by Crippen LogP contribution is 1.94. The second-order valence-electron chi connectivity index (χ2n) is 2.09. The Kier molecular flexibility index (Phi) is 2.09. The van der Waals surface area contributed by atoms with Crippen LogP contribution in [0.4, 0.5) is 0 Å². The molecule has 0 aromatic carbocycles. The van der Waals surface area contributed by atoms with E-state index in [1.165, 1.54) is 6.20 Å². The fourth-order valence-corrected chi connectivity index (χ4v) is 0.766. The van der Waals surface area contributed by atoms with E-state index < -0.39 is 0 Å². The average Bonchev–Trinajstić information content (AvgIpc) is 2.05. The van der Waals surface area contributed by atoms with Crippen molar-refractivity contribution >= 4 is 0 Å². The van der Waals surface area contributed by atoms with Gasteiger partial charge in [-0.3, -0.25) is 4.79 Å². The fourth-order valence-electron chi connectivity index (χ4n) is 0.766. The molecular formula is C8H8N2O. The van der Waals surface area contributed by atoms with Gasteiger partial charge in [0, 0.05) is 23.9 Å². The van der Waals surface area contributed by atoms with Crippen LogP contribution in [0.5, 0.6) is 0 Å². The summed E-state index contributed by atoms with van der Waals surface area (Å²) in [6.07, 6.45) is 6.60. The highest BCUT2D eigenvalue weighted by molar-refractivity contribution is 5.31. The predicted molar refractivity (Wildman–Crippen MR) is 42.9 cm³/mol. The minimum Gasteiger partial charge on any atom is -0.328 e. The SMILES string of the molecule is C#Cc1c[nH]c(=O)c(CN)c1. The van der Waals surface area contributed by atoms with Gasteiger partial charge in [-0.05, 0) is 6.07 Å². The molecule has 1 rings (SSSR count). The topological polar surface area (TPSA) is 58.9 Å². The van der Waals surface area contributed by atoms with Crippen LogP contribution in [0.25, 0.3) is 0 Å². The lowest BCUT2D eigenvalue weighted by molar-refractivity contribution is 1.01. The number of terminal acetylenes is 1. The summed E-state index contributed by atoms with van der Waals surface area (Å²) >= 11 is 0. The maximum atomic E-state index is 10.9. The molecule has 0 bridgehead atoms. The number of aromatic amines is 1. The summed E-state index contributed by atoms with van der Waals surface area (Å²) in [7, 11) is 0. The molecule has 1 heterocycles. The third kappa shape index (κ3) is 1.48. The van der Waals surface area contributed by atoms with Crippen LogP contribution >= 0.6 is 0 Å². The average molecular weight is 148 g/mol. The van der Waals surface area contributed by atoms with Crippen molar-refractivity contribution in [1.82, 2.24) is 4.98 Å². The number of H-pyrrole nitrogens is 1. The molecule has 0 saturated carbocycles. The smallest absolute Gasteiger partial charge is 0.252 e. The van der Waals surface area contributed by atoms with Crippen molar-refractivity contribution in [2.24, 2.45) is 5.73 Å². The highest BCUT2D eigenvalue weighted by Gasteiger charge is 1.96. The molecule has 0 unspecified atom stereocenters. The second-order valence-corrected chi connectivity index (χ2v) is 2.09. The number of nitrogens with one attached hydrogen (secondary N) is 1. The molecule has 11 heavy (non-hydrogen) atoms. The van der Waals surface area contributed by atoms with E-state index >= 15 is 0 Å². The Bertz CT molecular complexity index is 346. The molecule has 3 nitrogen and oxygen atoms in total. The fraction of sp³-hybridized carbons (Fsp3) is 0.125. The molecule has 0 amide bonds. The largest absolute Gasteiger partial charge is 0.328 e. The molecule has 3 N–H and O–H groups in total. The first-order chi connectivity index (χ1) is 5.27. The number of hydrogen-bond donors (Lipinski definition) is 2. The van der Waals surface area contributed by atoms with Crippen molar-refractivity contribution in [2.45, 2.75) is 6.54 Å². The van der Waals surface area contributed by atoms with Crippen molar-refractivity contribution in [3.63, 3.8) is 0 Å². The lowest BCUT2D eigenvalue weighted by Gasteiger charge is -1.94. The first-order valence-corrected chi connectivity index (χ1v) is 3.16. The van der Waals surface area contributed by atoms with Gasteiger partial charge < -0.3 is 10.7 Å². The number of hydrogen-bond acceptors (Lipinski definition) is 2. The molecule has 0 spiro atoms. The highest BCUT2D eigenvalue weighted by atomic mass is 16.1. The van der Waals surface area contributed by atoms with Gasteiger partial charge in [0.15, 0.2) is 0 Å². The zero-order chi connectivity index (χ0) is 8.27. The standard InChI is InChI=1S/C8H8N2O/c1-2-6-3-7(4-9)8(11)10-5-6/h1,3,5H,4,9H2,(H,10,11). The zero-order valence-electron chi connectivity index (χ0n) is 5.92. The number of pyridine rings is 1. The van der Waals surface area contributed by atoms with Crippen LogP contribution in [-0.2, 0) is 6.54 Å². The van der Waals surface area contributed by atoms with Gasteiger partial charge >= 0.3 is 0 Å². The Morgan fingerprint density at radius 3 is 3.00 bits per heavy atom. The van der Waals surface area contributed by atoms with E-state index in [0.717, 1.165) is 0 Å². The van der Waals surface area contributed by atoms with Crippen LogP contribution in [0.3, 0.4) is 0 Å². The monoisotopic (exact) mass is 148 g/mol. The first kappa shape index (κ1) is 7.58. The van der Waals surface area contributed by atoms with Crippen molar-refractivity contribution < 1.29 is 0 Å². The van der Waals surface area contributed by atoms with Gasteiger partial charge in [0.25, 0.3) is 5.56 Å². The summed E-state index contributed by atoms with van der Waals surface area (Å²) in [5.74, 6) is 2.40. The quantitative estimate of drug-likeness (QED) is 0.542. The third-order valence-corrected chi connectivity index (χ3v) is 1.37. The summed E-state index contributed by atoms with van der Waals surface area (Å²) in [6.45, 7) is 0.213. The van der Waals surface area contributed by atoms with E-state index in [-0.39, 0.29) is 12.1 Å². The van der Waals surface area contributed by atoms with Gasteiger partial charge in [-0.2, -0.15) is 0 Å². The van der Waals surface area contributed by atoms with Crippen LogP contribution in [0, 0.1) is 12.3 Å². The summed E-state index contributed by atoms with van der Waals surface area (Å²) < 4.78 is 0. The van der Waals surface area contributed by atoms with E-state index in [2.05, 4.69) is 10.9 Å². The molecule has 0 atom stereocenters. The van der Waals surface area contributed by atoms with Gasteiger partial charge in [0.2, 0.25) is 0 Å². The van der Waals surface area contributed by atoms with E-state index in [1.807, 2.05) is 0 Å². The molecule has 0 radical (unpaired) electrons. The lowest BCUT2D eigenvalue weighted by Crippen LogP contribution is -2.15. The summed E-state index contributed by atoms with van der Waals surface area (Å²) in [6, 6.07) is 1.61. The summed E-state index contributed by atoms with van der Waals surface area (Å²) in [5, 5.41) is 0. The van der Waals surface area contributed by atoms with E-state index in [0.29, 0.717) is 11.1 Å². The van der Waals surface area contributed by atoms with Crippen LogP contribution < -0.4 is 11.3 Å². The first-order valence-electron chi connectivity index (χ1n) is 3.16. The number of nitrogens with two attached hydrogens (primary N) is 1. The van der Waals surface area contributed by atoms with Crippen LogP contribution in [-0.4, -0.2) is 4.98 Å². The zero-order valence-corrected chi connectivity index (χ0v) is 5.92. The van der Waals surface area contributed by atoms with Crippen molar-refractivity contribution in [1.29, 1.82) is 0 Å². The minimum absolute atomic E-state index is 0.175. The van der Waals surface area contributed by atoms with E-state index in [9.17, 15) is 4.79 Å². The molecule has 1 aromatic rings. The maximum absolute atomic E-state index is 10.9. The van der Waals surface area contributed by atoms with Gasteiger partial charge in [0.05, 0.1) is 0 Å². The normalized spacial score (nSPS) is 9.09. The molecule has 0 saturated heterocycles. The van der Waals surface area contributed by atoms with E-state index in [1.54, 1.807) is 6.07 Å². The minimum atomic E-state index is -0.175. The van der Waals surface area contributed by atoms with Gasteiger partial charge in [-0.1, -0.05) is 5.92 Å². The summed E-state index contributed by atoms with van der Waals surface area (Å²) in [5.41, 5.74) is 6.27. The van der Waals surface area contributed by atoms with Crippen LogP contribution in [0.1, 0.15) is 11.1 Å². The Morgan fingerprint density at radius 2 is 2.45 bits per heavy atom. The molecule has 1 aromatic heterocycles. The third-order valence-electron chi connectivity index (χ3n) is 1.37. The molecule has 0 fully saturated rings. The molecule has 0 aliphatic rings. The molecule has 56 valence electrons. The van der Waals surface area contributed by atoms with Crippen molar-refractivity contribution in [3.8, 4) is 12.3 Å². The lowest BCUT2D eigenvalue weighted by atomic mass is 10.2. The molecule has 3 heteroatoms. The van der Waals surface area contributed by atoms with Gasteiger partial charge in [-0.15, -0.1) is 6.42 Å². The van der Waals surface area contributed by atoms with Crippen LogP contribution in [0.15, 0.2) is 17.1 Å². The van der Waals surface area contributed by atoms with Crippen molar-refractivity contribution in [2.75, 3.05) is 0 Å². The Morgan fingerprint density at radius 1 is 1.73 bits per heavy atom. The maximum Gasteiger partial charge on any atom is 0.252 e. The summed E-state index contributed by atoms with van der Waals surface area (Å²) in [4.78, 5) is 13.4. The molecule has 0 aliphatic heterocycles. The number of rotatable bonds is 1. The van der Waals surface area contributed by atoms with E-state index in [4.69, 9.17) is 12.2 Å². The van der Waals surface area contributed by atoms with Crippen molar-refractivity contribution in [3.05, 3.63) is 33.7 Å². The predicted octanol–water partition coefficient (Wildman–Crippen LogP) is -0.185. The second kappa shape index (κ2) is 3.04. The Hall–Kier alpha value is -1.53. The number of aromatic nitrogens is 1. The molecular weight excluding hydrogens is 140 g/mol.